The molecule has 2 aromatic rings. The molecule has 0 radical (unpaired) electrons. The van der Waals surface area contributed by atoms with Gasteiger partial charge in [-0.3, -0.25) is 4.79 Å². The summed E-state index contributed by atoms with van der Waals surface area (Å²) in [6.45, 7) is 0.609. The molecule has 0 atom stereocenters. The number of amides is 1. The minimum absolute atomic E-state index is 0.0410. The predicted molar refractivity (Wildman–Crippen MR) is 89.1 cm³/mol. The minimum atomic E-state index is 0.0410. The first kappa shape index (κ1) is 14.5. The lowest BCUT2D eigenvalue weighted by Crippen LogP contribution is -2.26. The van der Waals surface area contributed by atoms with Crippen molar-refractivity contribution in [3.05, 3.63) is 67.7 Å². The summed E-state index contributed by atoms with van der Waals surface area (Å²) in [6.07, 6.45) is 0. The molecule has 0 fully saturated rings. The van der Waals surface area contributed by atoms with Crippen LogP contribution in [0, 0.1) is 3.57 Å². The maximum Gasteiger partial charge on any atom is 0.253 e. The smallest absolute Gasteiger partial charge is 0.253 e. The fourth-order valence-electron chi connectivity index (χ4n) is 1.75. The second-order valence-corrected chi connectivity index (χ2v) is 6.46. The third-order valence-corrected chi connectivity index (χ3v) is 4.02. The second-order valence-electron chi connectivity index (χ2n) is 4.29. The fraction of sp³-hybridized carbons (Fsp3) is 0.133. The molecule has 98 valence electrons. The standard InChI is InChI=1S/C15H13BrINO/c1-18(10-11-2-6-13(16)7-3-11)15(19)12-4-8-14(17)9-5-12/h2-9H,10H2,1H3. The number of benzene rings is 2. The zero-order valence-corrected chi connectivity index (χ0v) is 14.2. The quantitative estimate of drug-likeness (QED) is 0.665. The van der Waals surface area contributed by atoms with Gasteiger partial charge in [0.25, 0.3) is 5.91 Å². The molecule has 2 aromatic carbocycles. The summed E-state index contributed by atoms with van der Waals surface area (Å²) in [4.78, 5) is 14.0. The first-order valence-corrected chi connectivity index (χ1v) is 7.69. The van der Waals surface area contributed by atoms with Crippen molar-refractivity contribution in [2.45, 2.75) is 6.54 Å². The predicted octanol–water partition coefficient (Wildman–Crippen LogP) is 4.33. The number of halogens is 2. The van der Waals surface area contributed by atoms with E-state index < -0.39 is 0 Å². The summed E-state index contributed by atoms with van der Waals surface area (Å²) < 4.78 is 2.17. The number of carbonyl (C=O) groups is 1. The van der Waals surface area contributed by atoms with Crippen LogP contribution in [-0.4, -0.2) is 17.9 Å². The van der Waals surface area contributed by atoms with Crippen molar-refractivity contribution in [3.8, 4) is 0 Å². The molecule has 0 saturated heterocycles. The molecule has 2 rings (SSSR count). The highest BCUT2D eigenvalue weighted by atomic mass is 127. The Balaban J connectivity index is 2.07. The summed E-state index contributed by atoms with van der Waals surface area (Å²) >= 11 is 5.63. The van der Waals surface area contributed by atoms with E-state index in [-0.39, 0.29) is 5.91 Å². The van der Waals surface area contributed by atoms with Gasteiger partial charge in [0.15, 0.2) is 0 Å². The highest BCUT2D eigenvalue weighted by Crippen LogP contribution is 2.14. The van der Waals surface area contributed by atoms with Crippen LogP contribution in [0.25, 0.3) is 0 Å². The summed E-state index contributed by atoms with van der Waals surface area (Å²) in [6, 6.07) is 15.6. The Hall–Kier alpha value is -0.880. The van der Waals surface area contributed by atoms with Crippen molar-refractivity contribution in [3.63, 3.8) is 0 Å². The van der Waals surface area contributed by atoms with E-state index in [0.717, 1.165) is 19.2 Å². The van der Waals surface area contributed by atoms with E-state index in [1.54, 1.807) is 4.90 Å². The van der Waals surface area contributed by atoms with E-state index >= 15 is 0 Å². The minimum Gasteiger partial charge on any atom is -0.337 e. The van der Waals surface area contributed by atoms with Crippen LogP contribution in [0.15, 0.2) is 53.0 Å². The van der Waals surface area contributed by atoms with Crippen LogP contribution in [0.1, 0.15) is 15.9 Å². The molecule has 2 nitrogen and oxygen atoms in total. The molecule has 19 heavy (non-hydrogen) atoms. The van der Waals surface area contributed by atoms with E-state index in [2.05, 4.69) is 38.5 Å². The van der Waals surface area contributed by atoms with E-state index in [9.17, 15) is 4.79 Å². The van der Waals surface area contributed by atoms with E-state index in [1.807, 2.05) is 55.6 Å². The van der Waals surface area contributed by atoms with Crippen LogP contribution in [0.2, 0.25) is 0 Å². The Morgan fingerprint density at radius 2 is 1.68 bits per heavy atom. The van der Waals surface area contributed by atoms with Crippen molar-refractivity contribution in [1.82, 2.24) is 4.90 Å². The molecule has 0 spiro atoms. The maximum atomic E-state index is 12.2. The van der Waals surface area contributed by atoms with E-state index in [0.29, 0.717) is 6.54 Å². The molecule has 0 bridgehead atoms. The molecule has 4 heteroatoms. The number of rotatable bonds is 3. The van der Waals surface area contributed by atoms with E-state index in [1.165, 1.54) is 0 Å². The molecule has 0 N–H and O–H groups in total. The summed E-state index contributed by atoms with van der Waals surface area (Å²) in [7, 11) is 1.82. The number of nitrogens with zero attached hydrogens (tertiary/aromatic N) is 1. The Bertz CT molecular complexity index is 566. The van der Waals surface area contributed by atoms with Gasteiger partial charge in [-0.15, -0.1) is 0 Å². The number of carbonyl (C=O) groups excluding carboxylic acids is 1. The molecule has 0 aliphatic heterocycles. The Morgan fingerprint density at radius 3 is 2.26 bits per heavy atom. The highest BCUT2D eigenvalue weighted by Gasteiger charge is 2.11. The third kappa shape index (κ3) is 4.04. The molecule has 0 unspecified atom stereocenters. The third-order valence-electron chi connectivity index (χ3n) is 2.77. The van der Waals surface area contributed by atoms with Crippen LogP contribution < -0.4 is 0 Å². The Labute approximate surface area is 135 Å². The lowest BCUT2D eigenvalue weighted by atomic mass is 10.1. The molecule has 0 saturated carbocycles. The van der Waals surface area contributed by atoms with Gasteiger partial charge in [0.2, 0.25) is 0 Å². The first-order valence-electron chi connectivity index (χ1n) is 5.82. The topological polar surface area (TPSA) is 20.3 Å². The van der Waals surface area contributed by atoms with Gasteiger partial charge in [-0.25, -0.2) is 0 Å². The summed E-state index contributed by atoms with van der Waals surface area (Å²) in [5.41, 5.74) is 1.84. The van der Waals surface area contributed by atoms with Gasteiger partial charge in [-0.2, -0.15) is 0 Å². The molecular formula is C15H13BrINO. The van der Waals surface area contributed by atoms with Crippen molar-refractivity contribution >= 4 is 44.4 Å². The second kappa shape index (κ2) is 6.52. The van der Waals surface area contributed by atoms with Crippen LogP contribution in [0.4, 0.5) is 0 Å². The molecule has 1 amide bonds. The van der Waals surface area contributed by atoms with E-state index in [4.69, 9.17) is 0 Å². The Morgan fingerprint density at radius 1 is 1.11 bits per heavy atom. The molecule has 0 aliphatic carbocycles. The van der Waals surface area contributed by atoms with Gasteiger partial charge in [0.05, 0.1) is 0 Å². The SMILES string of the molecule is CN(Cc1ccc(Br)cc1)C(=O)c1ccc(I)cc1. The number of hydrogen-bond acceptors (Lipinski definition) is 1. The van der Waals surface area contributed by atoms with Crippen molar-refractivity contribution < 1.29 is 4.79 Å². The lowest BCUT2D eigenvalue weighted by Gasteiger charge is -2.17. The fourth-order valence-corrected chi connectivity index (χ4v) is 2.37. The normalized spacial score (nSPS) is 10.3. The zero-order valence-electron chi connectivity index (χ0n) is 10.4. The largest absolute Gasteiger partial charge is 0.337 e. The molecule has 0 aliphatic rings. The van der Waals surface area contributed by atoms with Crippen molar-refractivity contribution in [1.29, 1.82) is 0 Å². The van der Waals surface area contributed by atoms with Crippen molar-refractivity contribution in [2.24, 2.45) is 0 Å². The maximum absolute atomic E-state index is 12.2. The molecular weight excluding hydrogens is 417 g/mol. The first-order chi connectivity index (χ1) is 9.06. The highest BCUT2D eigenvalue weighted by molar-refractivity contribution is 14.1. The summed E-state index contributed by atoms with van der Waals surface area (Å²) in [5.74, 6) is 0.0410. The average molecular weight is 430 g/mol. The van der Waals surface area contributed by atoms with Gasteiger partial charge < -0.3 is 4.90 Å². The summed E-state index contributed by atoms with van der Waals surface area (Å²) in [5, 5.41) is 0. The van der Waals surface area contributed by atoms with Crippen LogP contribution in [0.3, 0.4) is 0 Å². The Kier molecular flexibility index (Phi) is 4.99. The molecule has 0 heterocycles. The molecule has 0 aromatic heterocycles. The van der Waals surface area contributed by atoms with Gasteiger partial charge >= 0.3 is 0 Å². The van der Waals surface area contributed by atoms with Crippen LogP contribution >= 0.6 is 38.5 Å². The van der Waals surface area contributed by atoms with Crippen LogP contribution in [0.5, 0.6) is 0 Å². The van der Waals surface area contributed by atoms with Gasteiger partial charge in [-0.1, -0.05) is 28.1 Å². The van der Waals surface area contributed by atoms with Crippen LogP contribution in [-0.2, 0) is 6.54 Å². The lowest BCUT2D eigenvalue weighted by molar-refractivity contribution is 0.0785. The monoisotopic (exact) mass is 429 g/mol. The van der Waals surface area contributed by atoms with Gasteiger partial charge in [-0.05, 0) is 64.6 Å². The van der Waals surface area contributed by atoms with Gasteiger partial charge in [0, 0.05) is 27.2 Å². The zero-order chi connectivity index (χ0) is 13.8. The van der Waals surface area contributed by atoms with Crippen molar-refractivity contribution in [2.75, 3.05) is 7.05 Å². The number of hydrogen-bond donors (Lipinski definition) is 0. The van der Waals surface area contributed by atoms with Gasteiger partial charge in [0.1, 0.15) is 0 Å². The average Bonchev–Trinajstić information content (AvgIpc) is 2.41.